The van der Waals surface area contributed by atoms with E-state index in [0.29, 0.717) is 11.4 Å². The van der Waals surface area contributed by atoms with E-state index < -0.39 is 9.85 Å². The zero-order valence-electron chi connectivity index (χ0n) is 9.59. The molecule has 8 nitrogen and oxygen atoms in total. The average Bonchev–Trinajstić information content (AvgIpc) is 2.39. The van der Waals surface area contributed by atoms with E-state index in [-0.39, 0.29) is 17.8 Å². The molecule has 19 heavy (non-hydrogen) atoms. The largest absolute Gasteiger partial charge is 0.287 e. The summed E-state index contributed by atoms with van der Waals surface area (Å²) in [6, 6.07) is 5.48. The number of hydrogen-bond donors (Lipinski definition) is 0. The van der Waals surface area contributed by atoms with Crippen LogP contribution in [0.4, 0.5) is 11.4 Å². The van der Waals surface area contributed by atoms with Gasteiger partial charge in [-0.25, -0.2) is 0 Å². The van der Waals surface area contributed by atoms with Gasteiger partial charge in [-0.1, -0.05) is 0 Å². The Kier molecular flexibility index (Phi) is 3.42. The summed E-state index contributed by atoms with van der Waals surface area (Å²) >= 11 is 0. The lowest BCUT2D eigenvalue weighted by Gasteiger charge is -2.00. The number of rotatable bonds is 4. The Morgan fingerprint density at radius 2 is 1.68 bits per heavy atom. The second-order valence-corrected chi connectivity index (χ2v) is 3.70. The van der Waals surface area contributed by atoms with Crippen LogP contribution in [0.25, 0.3) is 0 Å². The molecule has 0 fully saturated rings. The molecular formula is C11H8N4O4. The first-order valence-electron chi connectivity index (χ1n) is 5.25. The quantitative estimate of drug-likeness (QED) is 0.612. The highest BCUT2D eigenvalue weighted by molar-refractivity contribution is 5.32. The Bertz CT molecular complexity index is 627. The molecule has 0 aliphatic carbocycles. The molecule has 8 heteroatoms. The van der Waals surface area contributed by atoms with Gasteiger partial charge in [-0.3, -0.25) is 30.2 Å². The maximum Gasteiger partial charge on any atom is 0.287 e. The molecule has 2 rings (SSSR count). The molecule has 0 amide bonds. The number of aromatic nitrogens is 2. The van der Waals surface area contributed by atoms with Gasteiger partial charge < -0.3 is 0 Å². The van der Waals surface area contributed by atoms with E-state index in [4.69, 9.17) is 0 Å². The van der Waals surface area contributed by atoms with Gasteiger partial charge in [-0.15, -0.1) is 0 Å². The summed E-state index contributed by atoms with van der Waals surface area (Å²) < 4.78 is 0. The Morgan fingerprint density at radius 1 is 0.947 bits per heavy atom. The molecule has 96 valence electrons. The zero-order chi connectivity index (χ0) is 13.8. The fraction of sp³-hybridized carbons (Fsp3) is 0.0909. The second-order valence-electron chi connectivity index (χ2n) is 3.70. The van der Waals surface area contributed by atoms with Crippen molar-refractivity contribution < 1.29 is 9.85 Å². The summed E-state index contributed by atoms with van der Waals surface area (Å²) in [5.41, 5.74) is 0.886. The summed E-state index contributed by atoms with van der Waals surface area (Å²) in [4.78, 5) is 28.0. The van der Waals surface area contributed by atoms with Crippen LogP contribution in [-0.2, 0) is 6.42 Å². The van der Waals surface area contributed by atoms with Crippen molar-refractivity contribution in [2.45, 2.75) is 6.42 Å². The standard InChI is InChI=1S/C11H8N4O4/c16-14(17)10-3-4-12-9(6-10)5-8-1-2-11(7-13-8)15(18)19/h1-4,6-7H,5H2. The van der Waals surface area contributed by atoms with Crippen LogP contribution >= 0.6 is 0 Å². The molecule has 0 spiro atoms. The van der Waals surface area contributed by atoms with Gasteiger partial charge in [-0.05, 0) is 6.07 Å². The van der Waals surface area contributed by atoms with Crippen molar-refractivity contribution in [1.29, 1.82) is 0 Å². The van der Waals surface area contributed by atoms with Crippen molar-refractivity contribution in [3.63, 3.8) is 0 Å². The second kappa shape index (κ2) is 5.17. The normalized spacial score (nSPS) is 10.1. The van der Waals surface area contributed by atoms with E-state index in [1.165, 1.54) is 30.5 Å². The number of nitro groups is 2. The number of pyridine rings is 2. The third-order valence-corrected chi connectivity index (χ3v) is 2.39. The van der Waals surface area contributed by atoms with Gasteiger partial charge in [0.15, 0.2) is 0 Å². The van der Waals surface area contributed by atoms with Crippen molar-refractivity contribution >= 4 is 11.4 Å². The van der Waals surface area contributed by atoms with Gasteiger partial charge in [0.25, 0.3) is 11.4 Å². The average molecular weight is 260 g/mol. The van der Waals surface area contributed by atoms with E-state index in [1.807, 2.05) is 0 Å². The predicted octanol–water partition coefficient (Wildman–Crippen LogP) is 1.88. The minimum absolute atomic E-state index is 0.0492. The Balaban J connectivity index is 2.19. The minimum Gasteiger partial charge on any atom is -0.260 e. The zero-order valence-corrected chi connectivity index (χ0v) is 9.59. The van der Waals surface area contributed by atoms with Crippen LogP contribution in [0.1, 0.15) is 11.4 Å². The molecule has 2 aromatic heterocycles. The molecule has 0 saturated carbocycles. The van der Waals surface area contributed by atoms with Gasteiger partial charge in [0.2, 0.25) is 0 Å². The highest BCUT2D eigenvalue weighted by atomic mass is 16.6. The molecule has 2 aromatic rings. The lowest BCUT2D eigenvalue weighted by Crippen LogP contribution is -1.98. The third kappa shape index (κ3) is 3.06. The lowest BCUT2D eigenvalue weighted by atomic mass is 10.2. The topological polar surface area (TPSA) is 112 Å². The summed E-state index contributed by atoms with van der Waals surface area (Å²) in [6.07, 6.45) is 2.77. The van der Waals surface area contributed by atoms with Crippen molar-refractivity contribution in [2.75, 3.05) is 0 Å². The van der Waals surface area contributed by atoms with Crippen molar-refractivity contribution in [3.05, 3.63) is 68.3 Å². The Morgan fingerprint density at radius 3 is 2.26 bits per heavy atom. The fourth-order valence-electron chi connectivity index (χ4n) is 1.49. The number of nitrogens with zero attached hydrogens (tertiary/aromatic N) is 4. The summed E-state index contributed by atoms with van der Waals surface area (Å²) in [6.45, 7) is 0. The first kappa shape index (κ1) is 12.6. The predicted molar refractivity (Wildman–Crippen MR) is 64.6 cm³/mol. The highest BCUT2D eigenvalue weighted by Crippen LogP contribution is 2.15. The maximum atomic E-state index is 10.6. The minimum atomic E-state index is -0.539. The van der Waals surface area contributed by atoms with Crippen LogP contribution in [-0.4, -0.2) is 19.8 Å². The maximum absolute atomic E-state index is 10.6. The summed E-state index contributed by atoms with van der Waals surface area (Å²) in [5, 5.41) is 21.1. The van der Waals surface area contributed by atoms with Crippen LogP contribution in [0.3, 0.4) is 0 Å². The number of hydrogen-bond acceptors (Lipinski definition) is 6. The SMILES string of the molecule is O=[N+]([O-])c1ccc(Cc2cc([N+](=O)[O-])ccn2)nc1. The monoisotopic (exact) mass is 260 g/mol. The van der Waals surface area contributed by atoms with Gasteiger partial charge >= 0.3 is 0 Å². The Labute approximate surface area is 107 Å². The summed E-state index contributed by atoms with van der Waals surface area (Å²) in [7, 11) is 0. The van der Waals surface area contributed by atoms with Crippen molar-refractivity contribution in [3.8, 4) is 0 Å². The van der Waals surface area contributed by atoms with Crippen molar-refractivity contribution in [2.24, 2.45) is 0 Å². The molecular weight excluding hydrogens is 252 g/mol. The van der Waals surface area contributed by atoms with Crippen molar-refractivity contribution in [1.82, 2.24) is 9.97 Å². The molecule has 0 radical (unpaired) electrons. The molecule has 0 atom stereocenters. The molecule has 0 unspecified atom stereocenters. The smallest absolute Gasteiger partial charge is 0.260 e. The first-order chi connectivity index (χ1) is 9.06. The Hall–Kier alpha value is -2.90. The summed E-state index contributed by atoms with van der Waals surface area (Å²) in [5.74, 6) is 0. The van der Waals surface area contributed by atoms with E-state index in [9.17, 15) is 20.2 Å². The highest BCUT2D eigenvalue weighted by Gasteiger charge is 2.09. The van der Waals surface area contributed by atoms with E-state index in [0.717, 1.165) is 6.20 Å². The van der Waals surface area contributed by atoms with E-state index >= 15 is 0 Å². The lowest BCUT2D eigenvalue weighted by molar-refractivity contribution is -0.385. The molecule has 0 aromatic carbocycles. The first-order valence-corrected chi connectivity index (χ1v) is 5.25. The fourth-order valence-corrected chi connectivity index (χ4v) is 1.49. The van der Waals surface area contributed by atoms with Crippen LogP contribution < -0.4 is 0 Å². The molecule has 0 aliphatic rings. The third-order valence-electron chi connectivity index (χ3n) is 2.39. The van der Waals surface area contributed by atoms with Gasteiger partial charge in [0.05, 0.1) is 15.5 Å². The molecule has 0 saturated heterocycles. The molecule has 0 aliphatic heterocycles. The molecule has 2 heterocycles. The van der Waals surface area contributed by atoms with Crippen LogP contribution in [0.15, 0.2) is 36.7 Å². The van der Waals surface area contributed by atoms with E-state index in [1.54, 1.807) is 0 Å². The van der Waals surface area contributed by atoms with Crippen LogP contribution in [0.2, 0.25) is 0 Å². The van der Waals surface area contributed by atoms with Gasteiger partial charge in [-0.2, -0.15) is 0 Å². The van der Waals surface area contributed by atoms with Gasteiger partial charge in [0, 0.05) is 36.5 Å². The van der Waals surface area contributed by atoms with Crippen LogP contribution in [0, 0.1) is 20.2 Å². The van der Waals surface area contributed by atoms with Crippen LogP contribution in [0.5, 0.6) is 0 Å². The van der Waals surface area contributed by atoms with Gasteiger partial charge in [0.1, 0.15) is 6.20 Å². The molecule has 0 bridgehead atoms. The molecule has 0 N–H and O–H groups in total. The van der Waals surface area contributed by atoms with E-state index in [2.05, 4.69) is 9.97 Å².